The molecule has 3 N–H and O–H groups in total. The van der Waals surface area contributed by atoms with E-state index in [-0.39, 0.29) is 20.0 Å². The van der Waals surface area contributed by atoms with Gasteiger partial charge in [0.1, 0.15) is 0 Å². The average Bonchev–Trinajstić information content (AvgIpc) is 2.85. The fraction of sp³-hybridized carbons (Fsp3) is 0.500. The van der Waals surface area contributed by atoms with E-state index >= 15 is 0 Å². The predicted molar refractivity (Wildman–Crippen MR) is 67.0 cm³/mol. The van der Waals surface area contributed by atoms with Crippen molar-refractivity contribution in [1.82, 2.24) is 5.32 Å². The second-order valence-corrected chi connectivity index (χ2v) is 4.95. The molecule has 1 aliphatic rings. The van der Waals surface area contributed by atoms with Crippen LogP contribution in [0.4, 0.5) is 0 Å². The molecule has 0 aromatic heterocycles. The minimum absolute atomic E-state index is 0.151. The van der Waals surface area contributed by atoms with Gasteiger partial charge in [0, 0.05) is 6.54 Å². The van der Waals surface area contributed by atoms with Crippen LogP contribution in [0.25, 0.3) is 0 Å². The number of nitrogens with one attached hydrogen (secondary N) is 1. The second-order valence-electron chi connectivity index (χ2n) is 4.54. The minimum Gasteiger partial charge on any atom is -0.454 e. The van der Waals surface area contributed by atoms with Crippen LogP contribution in [0.2, 0.25) is 5.02 Å². The molecule has 2 rings (SSSR count). The van der Waals surface area contributed by atoms with E-state index in [1.54, 1.807) is 13.0 Å². The predicted octanol–water partition coefficient (Wildman–Crippen LogP) is 0.902. The van der Waals surface area contributed by atoms with Crippen molar-refractivity contribution >= 4 is 11.6 Å². The first-order chi connectivity index (χ1) is 8.58. The topological polar surface area (TPSA) is 71.0 Å². The molecule has 0 saturated carbocycles. The van der Waals surface area contributed by atoms with Gasteiger partial charge in [-0.25, -0.2) is 0 Å². The number of aliphatic hydroxyl groups is 2. The zero-order valence-corrected chi connectivity index (χ0v) is 10.8. The van der Waals surface area contributed by atoms with Gasteiger partial charge in [-0.15, -0.1) is 0 Å². The molecule has 100 valence electrons. The van der Waals surface area contributed by atoms with Crippen molar-refractivity contribution in [2.24, 2.45) is 0 Å². The van der Waals surface area contributed by atoms with Gasteiger partial charge in [-0.1, -0.05) is 11.6 Å². The summed E-state index contributed by atoms with van der Waals surface area (Å²) in [4.78, 5) is 0. The van der Waals surface area contributed by atoms with E-state index in [1.165, 1.54) is 0 Å². The van der Waals surface area contributed by atoms with Crippen molar-refractivity contribution in [3.05, 3.63) is 22.7 Å². The van der Waals surface area contributed by atoms with E-state index in [9.17, 15) is 10.2 Å². The highest BCUT2D eigenvalue weighted by atomic mass is 35.5. The van der Waals surface area contributed by atoms with Gasteiger partial charge in [0.05, 0.1) is 23.8 Å². The number of hydrogen-bond acceptors (Lipinski definition) is 5. The lowest BCUT2D eigenvalue weighted by atomic mass is 10.0. The van der Waals surface area contributed by atoms with Gasteiger partial charge in [-0.05, 0) is 24.6 Å². The number of rotatable bonds is 5. The first-order valence-corrected chi connectivity index (χ1v) is 6.00. The van der Waals surface area contributed by atoms with Crippen LogP contribution in [0, 0.1) is 0 Å². The molecular formula is C12H16ClNO4. The first kappa shape index (κ1) is 13.4. The van der Waals surface area contributed by atoms with Crippen LogP contribution >= 0.6 is 11.6 Å². The largest absolute Gasteiger partial charge is 0.454 e. The molecule has 1 aromatic rings. The van der Waals surface area contributed by atoms with Crippen molar-refractivity contribution in [2.45, 2.75) is 19.0 Å². The van der Waals surface area contributed by atoms with Crippen molar-refractivity contribution in [1.29, 1.82) is 0 Å². The van der Waals surface area contributed by atoms with E-state index in [4.69, 9.17) is 21.1 Å². The van der Waals surface area contributed by atoms with Crippen LogP contribution in [-0.4, -0.2) is 35.8 Å². The summed E-state index contributed by atoms with van der Waals surface area (Å²) in [6.45, 7) is 2.08. The molecule has 1 heterocycles. The standard InChI is InChI=1S/C12H16ClNO4/c1-12(5-15,6-16)14-4-8-2-9(13)11-10(3-8)17-7-18-11/h2-3,14-16H,4-7H2,1H3. The zero-order valence-electron chi connectivity index (χ0n) is 10.1. The Hall–Kier alpha value is -1.01. The van der Waals surface area contributed by atoms with Crippen LogP contribution in [0.5, 0.6) is 11.5 Å². The monoisotopic (exact) mass is 273 g/mol. The number of aliphatic hydroxyl groups excluding tert-OH is 2. The maximum absolute atomic E-state index is 9.18. The third-order valence-electron chi connectivity index (χ3n) is 2.90. The van der Waals surface area contributed by atoms with E-state index in [0.29, 0.717) is 23.1 Å². The Morgan fingerprint density at radius 2 is 2.06 bits per heavy atom. The lowest BCUT2D eigenvalue weighted by Crippen LogP contribution is -2.48. The van der Waals surface area contributed by atoms with Gasteiger partial charge < -0.3 is 25.0 Å². The van der Waals surface area contributed by atoms with Gasteiger partial charge in [-0.2, -0.15) is 0 Å². The average molecular weight is 274 g/mol. The Kier molecular flexibility index (Phi) is 3.97. The number of benzene rings is 1. The molecule has 0 amide bonds. The van der Waals surface area contributed by atoms with Crippen LogP contribution in [0.1, 0.15) is 12.5 Å². The summed E-state index contributed by atoms with van der Waals surface area (Å²) in [5, 5.41) is 21.9. The fourth-order valence-electron chi connectivity index (χ4n) is 1.60. The molecule has 1 aliphatic heterocycles. The van der Waals surface area contributed by atoms with E-state index in [2.05, 4.69) is 5.32 Å². The van der Waals surface area contributed by atoms with Crippen molar-refractivity contribution in [3.8, 4) is 11.5 Å². The first-order valence-electron chi connectivity index (χ1n) is 5.63. The summed E-state index contributed by atoms with van der Waals surface area (Å²) >= 11 is 6.06. The van der Waals surface area contributed by atoms with Crippen molar-refractivity contribution in [3.63, 3.8) is 0 Å². The summed E-state index contributed by atoms with van der Waals surface area (Å²) < 4.78 is 10.5. The molecular weight excluding hydrogens is 258 g/mol. The fourth-order valence-corrected chi connectivity index (χ4v) is 1.89. The molecule has 1 aromatic carbocycles. The Balaban J connectivity index is 2.09. The minimum atomic E-state index is -0.719. The molecule has 0 spiro atoms. The van der Waals surface area contributed by atoms with Gasteiger partial charge in [0.15, 0.2) is 11.5 Å². The molecule has 0 unspecified atom stereocenters. The highest BCUT2D eigenvalue weighted by Crippen LogP contribution is 2.39. The maximum atomic E-state index is 9.18. The summed E-state index contributed by atoms with van der Waals surface area (Å²) in [6, 6.07) is 3.60. The van der Waals surface area contributed by atoms with E-state index < -0.39 is 5.54 Å². The third-order valence-corrected chi connectivity index (χ3v) is 3.18. The van der Waals surface area contributed by atoms with Crippen LogP contribution in [-0.2, 0) is 6.54 Å². The van der Waals surface area contributed by atoms with Crippen LogP contribution in [0.3, 0.4) is 0 Å². The third kappa shape index (κ3) is 2.70. The molecule has 0 radical (unpaired) electrons. The molecule has 0 bridgehead atoms. The van der Waals surface area contributed by atoms with E-state index in [0.717, 1.165) is 5.56 Å². The highest BCUT2D eigenvalue weighted by molar-refractivity contribution is 6.32. The summed E-state index contributed by atoms with van der Waals surface area (Å²) in [5.41, 5.74) is 0.181. The van der Waals surface area contributed by atoms with Gasteiger partial charge >= 0.3 is 0 Å². The zero-order chi connectivity index (χ0) is 13.2. The Bertz CT molecular complexity index is 434. The number of hydrogen-bond donors (Lipinski definition) is 3. The molecule has 0 aliphatic carbocycles. The smallest absolute Gasteiger partial charge is 0.231 e. The van der Waals surface area contributed by atoms with Crippen molar-refractivity contribution in [2.75, 3.05) is 20.0 Å². The lowest BCUT2D eigenvalue weighted by molar-refractivity contribution is 0.103. The Labute approximate surface area is 110 Å². The molecule has 6 heteroatoms. The van der Waals surface area contributed by atoms with Crippen LogP contribution < -0.4 is 14.8 Å². The second kappa shape index (κ2) is 5.32. The van der Waals surface area contributed by atoms with E-state index in [1.807, 2.05) is 6.07 Å². The normalized spacial score (nSPS) is 14.0. The molecule has 0 atom stereocenters. The lowest BCUT2D eigenvalue weighted by Gasteiger charge is -2.26. The number of ether oxygens (including phenoxy) is 2. The van der Waals surface area contributed by atoms with Crippen molar-refractivity contribution < 1.29 is 19.7 Å². The molecule has 0 fully saturated rings. The van der Waals surface area contributed by atoms with Gasteiger partial charge in [0.2, 0.25) is 6.79 Å². The number of fused-ring (bicyclic) bond motifs is 1. The molecule has 0 saturated heterocycles. The molecule has 5 nitrogen and oxygen atoms in total. The Morgan fingerprint density at radius 1 is 1.33 bits per heavy atom. The quantitative estimate of drug-likeness (QED) is 0.744. The summed E-state index contributed by atoms with van der Waals surface area (Å²) in [5.74, 6) is 1.18. The summed E-state index contributed by atoms with van der Waals surface area (Å²) in [7, 11) is 0. The Morgan fingerprint density at radius 3 is 2.72 bits per heavy atom. The highest BCUT2D eigenvalue weighted by Gasteiger charge is 2.23. The number of halogens is 1. The van der Waals surface area contributed by atoms with Gasteiger partial charge in [0.25, 0.3) is 0 Å². The molecule has 18 heavy (non-hydrogen) atoms. The SMILES string of the molecule is CC(CO)(CO)NCc1cc(Cl)c2c(c1)OCO2. The maximum Gasteiger partial charge on any atom is 0.231 e. The summed E-state index contributed by atoms with van der Waals surface area (Å²) in [6.07, 6.45) is 0. The van der Waals surface area contributed by atoms with Crippen LogP contribution in [0.15, 0.2) is 12.1 Å². The van der Waals surface area contributed by atoms with Gasteiger partial charge in [-0.3, -0.25) is 0 Å².